The monoisotopic (exact) mass is 225 g/mol. The van der Waals surface area contributed by atoms with Crippen LogP contribution in [0, 0.1) is 5.92 Å². The van der Waals surface area contributed by atoms with Gasteiger partial charge in [-0.1, -0.05) is 6.42 Å². The molecule has 0 bridgehead atoms. The topological polar surface area (TPSA) is 35.6 Å². The SMILES string of the molecule is CN(CC(=O)N1CCNCC1)CC1CCC1. The van der Waals surface area contributed by atoms with E-state index >= 15 is 0 Å². The van der Waals surface area contributed by atoms with Gasteiger partial charge < -0.3 is 10.2 Å². The largest absolute Gasteiger partial charge is 0.339 e. The molecule has 4 heteroatoms. The number of carbonyl (C=O) groups is 1. The third-order valence-corrected chi connectivity index (χ3v) is 3.67. The Kier molecular flexibility index (Phi) is 4.18. The van der Waals surface area contributed by atoms with E-state index in [0.717, 1.165) is 38.6 Å². The minimum absolute atomic E-state index is 0.295. The molecule has 2 fully saturated rings. The van der Waals surface area contributed by atoms with Crippen LogP contribution in [0.5, 0.6) is 0 Å². The zero-order valence-corrected chi connectivity index (χ0v) is 10.2. The Hall–Kier alpha value is -0.610. The molecule has 0 aromatic heterocycles. The Labute approximate surface area is 98.0 Å². The zero-order valence-electron chi connectivity index (χ0n) is 10.2. The molecule has 0 radical (unpaired) electrons. The highest BCUT2D eigenvalue weighted by molar-refractivity contribution is 5.78. The normalized spacial score (nSPS) is 22.2. The molecule has 0 atom stereocenters. The number of rotatable bonds is 4. The summed E-state index contributed by atoms with van der Waals surface area (Å²) >= 11 is 0. The van der Waals surface area contributed by atoms with Crippen LogP contribution >= 0.6 is 0 Å². The predicted octanol–water partition coefficient (Wildman–Crippen LogP) is 0.150. The maximum absolute atomic E-state index is 12.0. The summed E-state index contributed by atoms with van der Waals surface area (Å²) in [5.41, 5.74) is 0. The predicted molar refractivity (Wildman–Crippen MR) is 64.3 cm³/mol. The van der Waals surface area contributed by atoms with Crippen LogP contribution in [0.15, 0.2) is 0 Å². The van der Waals surface area contributed by atoms with Gasteiger partial charge in [0.1, 0.15) is 0 Å². The molecule has 1 amide bonds. The van der Waals surface area contributed by atoms with E-state index in [9.17, 15) is 4.79 Å². The van der Waals surface area contributed by atoms with Crippen molar-refractivity contribution in [3.8, 4) is 0 Å². The first-order valence-corrected chi connectivity index (χ1v) is 6.43. The summed E-state index contributed by atoms with van der Waals surface area (Å²) in [6.45, 7) is 5.32. The van der Waals surface area contributed by atoms with Gasteiger partial charge in [-0.25, -0.2) is 0 Å². The second-order valence-electron chi connectivity index (χ2n) is 5.12. The summed E-state index contributed by atoms with van der Waals surface area (Å²) in [6.07, 6.45) is 4.09. The van der Waals surface area contributed by atoms with Gasteiger partial charge in [-0.05, 0) is 25.8 Å². The molecule has 1 N–H and O–H groups in total. The Morgan fingerprint density at radius 2 is 2.06 bits per heavy atom. The number of likely N-dealkylation sites (N-methyl/N-ethyl adjacent to an activating group) is 1. The summed E-state index contributed by atoms with van der Waals surface area (Å²) in [5.74, 6) is 1.14. The minimum Gasteiger partial charge on any atom is -0.339 e. The molecule has 0 spiro atoms. The number of piperazine rings is 1. The molecule has 1 aliphatic heterocycles. The Bertz CT molecular complexity index is 234. The van der Waals surface area contributed by atoms with Gasteiger partial charge >= 0.3 is 0 Å². The van der Waals surface area contributed by atoms with E-state index in [4.69, 9.17) is 0 Å². The summed E-state index contributed by atoms with van der Waals surface area (Å²) in [4.78, 5) is 16.1. The fraction of sp³-hybridized carbons (Fsp3) is 0.917. The Balaban J connectivity index is 1.68. The van der Waals surface area contributed by atoms with Gasteiger partial charge in [-0.3, -0.25) is 9.69 Å². The number of hydrogen-bond donors (Lipinski definition) is 1. The standard InChI is InChI=1S/C12H23N3O/c1-14(9-11-3-2-4-11)10-12(16)15-7-5-13-6-8-15/h11,13H,2-10H2,1H3. The molecule has 1 heterocycles. The van der Waals surface area contributed by atoms with E-state index in [1.54, 1.807) is 0 Å². The van der Waals surface area contributed by atoms with Crippen LogP contribution in [0.1, 0.15) is 19.3 Å². The van der Waals surface area contributed by atoms with Crippen molar-refractivity contribution in [2.45, 2.75) is 19.3 Å². The number of nitrogens with zero attached hydrogens (tertiary/aromatic N) is 2. The molecule has 1 saturated heterocycles. The molecule has 16 heavy (non-hydrogen) atoms. The summed E-state index contributed by atoms with van der Waals surface area (Å²) in [6, 6.07) is 0. The van der Waals surface area contributed by atoms with E-state index in [2.05, 4.69) is 17.3 Å². The van der Waals surface area contributed by atoms with Gasteiger partial charge in [-0.15, -0.1) is 0 Å². The van der Waals surface area contributed by atoms with Crippen molar-refractivity contribution in [1.82, 2.24) is 15.1 Å². The third kappa shape index (κ3) is 3.19. The van der Waals surface area contributed by atoms with Crippen molar-refractivity contribution >= 4 is 5.91 Å². The highest BCUT2D eigenvalue weighted by Gasteiger charge is 2.22. The van der Waals surface area contributed by atoms with Crippen LogP contribution in [0.25, 0.3) is 0 Å². The smallest absolute Gasteiger partial charge is 0.236 e. The fourth-order valence-electron chi connectivity index (χ4n) is 2.43. The van der Waals surface area contributed by atoms with Crippen LogP contribution in [0.2, 0.25) is 0 Å². The number of carbonyl (C=O) groups excluding carboxylic acids is 1. The minimum atomic E-state index is 0.295. The molecule has 92 valence electrons. The van der Waals surface area contributed by atoms with Crippen LogP contribution in [-0.2, 0) is 4.79 Å². The lowest BCUT2D eigenvalue weighted by atomic mass is 9.85. The van der Waals surface area contributed by atoms with Gasteiger partial charge in [0.05, 0.1) is 6.54 Å². The molecule has 2 rings (SSSR count). The molecule has 0 unspecified atom stereocenters. The lowest BCUT2D eigenvalue weighted by molar-refractivity contribution is -0.132. The second kappa shape index (κ2) is 5.64. The van der Waals surface area contributed by atoms with Crippen molar-refractivity contribution in [2.24, 2.45) is 5.92 Å². The molecule has 0 aromatic rings. The van der Waals surface area contributed by atoms with Crippen molar-refractivity contribution in [3.05, 3.63) is 0 Å². The van der Waals surface area contributed by atoms with Crippen molar-refractivity contribution in [1.29, 1.82) is 0 Å². The van der Waals surface area contributed by atoms with Crippen molar-refractivity contribution < 1.29 is 4.79 Å². The first-order chi connectivity index (χ1) is 7.75. The lowest BCUT2D eigenvalue weighted by Crippen LogP contribution is -2.49. The summed E-state index contributed by atoms with van der Waals surface area (Å²) in [5, 5.41) is 3.27. The van der Waals surface area contributed by atoms with Crippen molar-refractivity contribution in [2.75, 3.05) is 46.3 Å². The van der Waals surface area contributed by atoms with Gasteiger partial charge in [0.15, 0.2) is 0 Å². The maximum atomic E-state index is 12.0. The van der Waals surface area contributed by atoms with E-state index in [-0.39, 0.29) is 0 Å². The van der Waals surface area contributed by atoms with Gasteiger partial charge in [-0.2, -0.15) is 0 Å². The van der Waals surface area contributed by atoms with E-state index < -0.39 is 0 Å². The zero-order chi connectivity index (χ0) is 11.4. The number of hydrogen-bond acceptors (Lipinski definition) is 3. The number of amides is 1. The van der Waals surface area contributed by atoms with E-state index in [1.807, 2.05) is 4.90 Å². The van der Waals surface area contributed by atoms with Crippen LogP contribution in [0.4, 0.5) is 0 Å². The lowest BCUT2D eigenvalue weighted by Gasteiger charge is -2.32. The molecule has 4 nitrogen and oxygen atoms in total. The maximum Gasteiger partial charge on any atom is 0.236 e. The first-order valence-electron chi connectivity index (χ1n) is 6.43. The van der Waals surface area contributed by atoms with E-state index in [1.165, 1.54) is 19.3 Å². The Morgan fingerprint density at radius 3 is 2.62 bits per heavy atom. The molecule has 2 aliphatic rings. The molecule has 1 saturated carbocycles. The first kappa shape index (κ1) is 11.9. The van der Waals surface area contributed by atoms with Crippen LogP contribution in [-0.4, -0.2) is 62.0 Å². The molecule has 1 aliphatic carbocycles. The quantitative estimate of drug-likeness (QED) is 0.740. The summed E-state index contributed by atoms with van der Waals surface area (Å²) < 4.78 is 0. The average molecular weight is 225 g/mol. The van der Waals surface area contributed by atoms with Crippen molar-refractivity contribution in [3.63, 3.8) is 0 Å². The Morgan fingerprint density at radius 1 is 1.38 bits per heavy atom. The summed E-state index contributed by atoms with van der Waals surface area (Å²) in [7, 11) is 2.07. The fourth-order valence-corrected chi connectivity index (χ4v) is 2.43. The van der Waals surface area contributed by atoms with Gasteiger partial charge in [0.25, 0.3) is 0 Å². The highest BCUT2D eigenvalue weighted by Crippen LogP contribution is 2.26. The molecular weight excluding hydrogens is 202 g/mol. The van der Waals surface area contributed by atoms with Crippen LogP contribution < -0.4 is 5.32 Å². The third-order valence-electron chi connectivity index (χ3n) is 3.67. The second-order valence-corrected chi connectivity index (χ2v) is 5.12. The molecular formula is C12H23N3O. The molecule has 0 aromatic carbocycles. The highest BCUT2D eigenvalue weighted by atomic mass is 16.2. The van der Waals surface area contributed by atoms with Crippen LogP contribution in [0.3, 0.4) is 0 Å². The van der Waals surface area contributed by atoms with Gasteiger partial charge in [0.2, 0.25) is 5.91 Å². The average Bonchev–Trinajstić information content (AvgIpc) is 2.25. The van der Waals surface area contributed by atoms with Gasteiger partial charge in [0, 0.05) is 32.7 Å². The number of nitrogens with one attached hydrogen (secondary N) is 1. The van der Waals surface area contributed by atoms with E-state index in [0.29, 0.717) is 12.5 Å².